The van der Waals surface area contributed by atoms with E-state index in [1.54, 1.807) is 4.90 Å². The van der Waals surface area contributed by atoms with Gasteiger partial charge in [-0.1, -0.05) is 28.1 Å². The second kappa shape index (κ2) is 5.10. The fraction of sp³-hybridized carbons (Fsp3) is 0.385. The van der Waals surface area contributed by atoms with Crippen LogP contribution in [0.4, 0.5) is 4.79 Å². The first kappa shape index (κ1) is 13.1. The van der Waals surface area contributed by atoms with Crippen LogP contribution in [0.5, 0.6) is 0 Å². The van der Waals surface area contributed by atoms with Gasteiger partial charge in [0.1, 0.15) is 6.54 Å². The van der Waals surface area contributed by atoms with E-state index >= 15 is 0 Å². The first-order chi connectivity index (χ1) is 8.49. The fourth-order valence-corrected chi connectivity index (χ4v) is 2.27. The van der Waals surface area contributed by atoms with E-state index in [4.69, 9.17) is 0 Å². The third kappa shape index (κ3) is 2.56. The Labute approximate surface area is 115 Å². The number of benzene rings is 1. The lowest BCUT2D eigenvalue weighted by Gasteiger charge is -2.19. The van der Waals surface area contributed by atoms with Crippen LogP contribution in [-0.2, 0) is 11.3 Å². The van der Waals surface area contributed by atoms with Gasteiger partial charge in [-0.05, 0) is 31.5 Å². The number of imide groups is 1. The quantitative estimate of drug-likeness (QED) is 0.805. The Kier molecular flexibility index (Phi) is 3.71. The van der Waals surface area contributed by atoms with Crippen molar-refractivity contribution in [3.63, 3.8) is 0 Å². The van der Waals surface area contributed by atoms with Gasteiger partial charge in [0.15, 0.2) is 0 Å². The molecule has 0 saturated carbocycles. The summed E-state index contributed by atoms with van der Waals surface area (Å²) in [5, 5.41) is 0. The molecule has 0 aliphatic carbocycles. The number of nitrogens with zero attached hydrogens (tertiary/aromatic N) is 2. The molecule has 3 amide bonds. The lowest BCUT2D eigenvalue weighted by atomic mass is 10.2. The monoisotopic (exact) mass is 310 g/mol. The van der Waals surface area contributed by atoms with Gasteiger partial charge >= 0.3 is 6.03 Å². The predicted molar refractivity (Wildman–Crippen MR) is 71.9 cm³/mol. The van der Waals surface area contributed by atoms with Crippen LogP contribution in [-0.4, -0.2) is 34.3 Å². The third-order valence-electron chi connectivity index (χ3n) is 2.87. The Hall–Kier alpha value is -1.36. The summed E-state index contributed by atoms with van der Waals surface area (Å²) >= 11 is 3.37. The summed E-state index contributed by atoms with van der Waals surface area (Å²) in [4.78, 5) is 26.7. The Morgan fingerprint density at radius 2 is 1.83 bits per heavy atom. The molecule has 0 unspecified atom stereocenters. The van der Waals surface area contributed by atoms with Crippen molar-refractivity contribution in [3.05, 3.63) is 34.3 Å². The molecule has 1 aliphatic rings. The van der Waals surface area contributed by atoms with Gasteiger partial charge in [0.25, 0.3) is 5.91 Å². The van der Waals surface area contributed by atoms with Crippen LogP contribution >= 0.6 is 15.9 Å². The summed E-state index contributed by atoms with van der Waals surface area (Å²) in [6.45, 7) is 4.34. The molecule has 0 spiro atoms. The van der Waals surface area contributed by atoms with Crippen molar-refractivity contribution in [2.75, 3.05) is 6.54 Å². The minimum atomic E-state index is -0.196. The van der Waals surface area contributed by atoms with Gasteiger partial charge in [-0.2, -0.15) is 0 Å². The zero-order chi connectivity index (χ0) is 13.3. The highest BCUT2D eigenvalue weighted by Crippen LogP contribution is 2.18. The average Bonchev–Trinajstić information content (AvgIpc) is 2.57. The van der Waals surface area contributed by atoms with Crippen LogP contribution in [0.25, 0.3) is 0 Å². The van der Waals surface area contributed by atoms with Crippen molar-refractivity contribution in [2.45, 2.75) is 26.4 Å². The molecule has 1 aromatic rings. The zero-order valence-corrected chi connectivity index (χ0v) is 12.0. The Morgan fingerprint density at radius 1 is 1.22 bits per heavy atom. The minimum absolute atomic E-state index is 0.0834. The van der Waals surface area contributed by atoms with E-state index in [2.05, 4.69) is 15.9 Å². The molecule has 18 heavy (non-hydrogen) atoms. The van der Waals surface area contributed by atoms with Crippen molar-refractivity contribution in [2.24, 2.45) is 0 Å². The predicted octanol–water partition coefficient (Wildman–Crippen LogP) is 2.62. The molecule has 1 aromatic carbocycles. The summed E-state index contributed by atoms with van der Waals surface area (Å²) in [7, 11) is 0. The highest BCUT2D eigenvalue weighted by atomic mass is 79.9. The molecule has 5 heteroatoms. The first-order valence-corrected chi connectivity index (χ1v) is 6.63. The molecule has 2 rings (SSSR count). The number of rotatable bonds is 3. The number of carbonyl (C=O) groups is 2. The molecule has 0 aromatic heterocycles. The molecule has 0 bridgehead atoms. The fourth-order valence-electron chi connectivity index (χ4n) is 2.01. The lowest BCUT2D eigenvalue weighted by molar-refractivity contribution is -0.126. The summed E-state index contributed by atoms with van der Waals surface area (Å²) in [6.07, 6.45) is 0. The summed E-state index contributed by atoms with van der Waals surface area (Å²) in [5.74, 6) is -0.118. The highest BCUT2D eigenvalue weighted by molar-refractivity contribution is 9.10. The Bertz CT molecular complexity index is 470. The van der Waals surface area contributed by atoms with Crippen molar-refractivity contribution in [1.82, 2.24) is 9.80 Å². The standard InChI is InChI=1S/C13H15BrN2O2/c1-9(2)16-12(17)8-15(13(16)18)7-10-3-5-11(14)6-4-10/h3-6,9H,7-8H2,1-2H3. The van der Waals surface area contributed by atoms with E-state index in [0.717, 1.165) is 10.0 Å². The highest BCUT2D eigenvalue weighted by Gasteiger charge is 2.37. The van der Waals surface area contributed by atoms with Crippen molar-refractivity contribution in [1.29, 1.82) is 0 Å². The number of amides is 3. The van der Waals surface area contributed by atoms with Crippen molar-refractivity contribution in [3.8, 4) is 0 Å². The van der Waals surface area contributed by atoms with Crippen LogP contribution in [0.15, 0.2) is 28.7 Å². The molecule has 96 valence electrons. The van der Waals surface area contributed by atoms with Gasteiger partial charge in [0.2, 0.25) is 0 Å². The van der Waals surface area contributed by atoms with Gasteiger partial charge in [-0.3, -0.25) is 9.69 Å². The summed E-state index contributed by atoms with van der Waals surface area (Å²) < 4.78 is 0.999. The van der Waals surface area contributed by atoms with Crippen LogP contribution in [0.2, 0.25) is 0 Å². The maximum Gasteiger partial charge on any atom is 0.327 e. The van der Waals surface area contributed by atoms with Gasteiger partial charge in [-0.15, -0.1) is 0 Å². The second-order valence-corrected chi connectivity index (χ2v) is 5.54. The summed E-state index contributed by atoms with van der Waals surface area (Å²) in [5.41, 5.74) is 1.02. The third-order valence-corrected chi connectivity index (χ3v) is 3.40. The number of carbonyl (C=O) groups excluding carboxylic acids is 2. The minimum Gasteiger partial charge on any atom is -0.311 e. The maximum atomic E-state index is 12.1. The molecule has 0 atom stereocenters. The molecule has 1 heterocycles. The lowest BCUT2D eigenvalue weighted by Crippen LogP contribution is -2.37. The van der Waals surface area contributed by atoms with Crippen molar-refractivity contribution >= 4 is 27.9 Å². The molecule has 1 fully saturated rings. The first-order valence-electron chi connectivity index (χ1n) is 5.84. The van der Waals surface area contributed by atoms with Gasteiger partial charge < -0.3 is 4.90 Å². The molecule has 0 radical (unpaired) electrons. The number of halogens is 1. The molecule has 0 N–H and O–H groups in total. The Balaban J connectivity index is 2.10. The van der Waals surface area contributed by atoms with Crippen LogP contribution < -0.4 is 0 Å². The molecular weight excluding hydrogens is 296 g/mol. The van der Waals surface area contributed by atoms with E-state index in [0.29, 0.717) is 6.54 Å². The maximum absolute atomic E-state index is 12.1. The van der Waals surface area contributed by atoms with E-state index in [1.165, 1.54) is 4.90 Å². The molecular formula is C13H15BrN2O2. The smallest absolute Gasteiger partial charge is 0.311 e. The zero-order valence-electron chi connectivity index (χ0n) is 10.4. The van der Waals surface area contributed by atoms with E-state index in [9.17, 15) is 9.59 Å². The van der Waals surface area contributed by atoms with Crippen LogP contribution in [0, 0.1) is 0 Å². The molecule has 4 nitrogen and oxygen atoms in total. The number of hydrogen-bond donors (Lipinski definition) is 0. The van der Waals surface area contributed by atoms with Gasteiger partial charge in [0, 0.05) is 17.1 Å². The number of hydrogen-bond acceptors (Lipinski definition) is 2. The number of urea groups is 1. The van der Waals surface area contributed by atoms with Gasteiger partial charge in [0.05, 0.1) is 0 Å². The normalized spacial score (nSPS) is 16.0. The van der Waals surface area contributed by atoms with E-state index in [-0.39, 0.29) is 24.5 Å². The largest absolute Gasteiger partial charge is 0.327 e. The SMILES string of the molecule is CC(C)N1C(=O)CN(Cc2ccc(Br)cc2)C1=O. The van der Waals surface area contributed by atoms with E-state index in [1.807, 2.05) is 38.1 Å². The van der Waals surface area contributed by atoms with Crippen LogP contribution in [0.1, 0.15) is 19.4 Å². The van der Waals surface area contributed by atoms with Crippen molar-refractivity contribution < 1.29 is 9.59 Å². The molecule has 1 aliphatic heterocycles. The summed E-state index contributed by atoms with van der Waals surface area (Å²) in [6, 6.07) is 7.47. The van der Waals surface area contributed by atoms with E-state index < -0.39 is 0 Å². The van der Waals surface area contributed by atoms with Crippen LogP contribution in [0.3, 0.4) is 0 Å². The molecule has 1 saturated heterocycles. The average molecular weight is 311 g/mol. The topological polar surface area (TPSA) is 40.6 Å². The van der Waals surface area contributed by atoms with Gasteiger partial charge in [-0.25, -0.2) is 4.79 Å². The Morgan fingerprint density at radius 3 is 2.33 bits per heavy atom. The second-order valence-electron chi connectivity index (χ2n) is 4.62.